The molecule has 0 spiro atoms. The fraction of sp³-hybridized carbons (Fsp3) is 0.278. The third kappa shape index (κ3) is 3.36. The number of rotatable bonds is 4. The number of nitrogens with one attached hydrogen (secondary N) is 1. The van der Waals surface area contributed by atoms with Crippen LogP contribution in [0.2, 0.25) is 0 Å². The first-order chi connectivity index (χ1) is 13.2. The largest absolute Gasteiger partial charge is 0.331 e. The number of aromatic nitrogens is 5. The Balaban J connectivity index is 1.61. The maximum absolute atomic E-state index is 12.7. The molecule has 0 bridgehead atoms. The number of amides is 1. The van der Waals surface area contributed by atoms with Gasteiger partial charge in [-0.3, -0.25) is 14.3 Å². The molecule has 2 aromatic heterocycles. The zero-order chi connectivity index (χ0) is 18.8. The van der Waals surface area contributed by atoms with Gasteiger partial charge in [-0.25, -0.2) is 4.98 Å². The highest BCUT2D eigenvalue weighted by Crippen LogP contribution is 2.19. The number of benzene rings is 1. The van der Waals surface area contributed by atoms with Gasteiger partial charge in [0.1, 0.15) is 5.82 Å². The molecule has 1 aromatic carbocycles. The summed E-state index contributed by atoms with van der Waals surface area (Å²) in [5, 5.41) is 7.83. The average molecular weight is 365 g/mol. The Morgan fingerprint density at radius 2 is 2.07 bits per heavy atom. The van der Waals surface area contributed by atoms with Crippen LogP contribution >= 0.6 is 0 Å². The van der Waals surface area contributed by atoms with Crippen LogP contribution in [0.1, 0.15) is 21.7 Å². The van der Waals surface area contributed by atoms with Gasteiger partial charge in [0.05, 0.1) is 25.0 Å². The molecule has 1 aliphatic rings. The van der Waals surface area contributed by atoms with Gasteiger partial charge in [-0.15, -0.1) is 5.10 Å². The Morgan fingerprint density at radius 3 is 2.85 bits per heavy atom. The van der Waals surface area contributed by atoms with E-state index in [0.29, 0.717) is 43.1 Å². The lowest BCUT2D eigenvalue weighted by Gasteiger charge is -2.27. The Labute approximate surface area is 154 Å². The van der Waals surface area contributed by atoms with Crippen molar-refractivity contribution in [3.05, 3.63) is 63.8 Å². The van der Waals surface area contributed by atoms with Crippen molar-refractivity contribution in [2.24, 2.45) is 5.73 Å². The van der Waals surface area contributed by atoms with Crippen LogP contribution in [0.4, 0.5) is 0 Å². The van der Waals surface area contributed by atoms with Crippen molar-refractivity contribution < 1.29 is 4.79 Å². The van der Waals surface area contributed by atoms with Gasteiger partial charge in [0, 0.05) is 24.2 Å². The molecule has 0 atom stereocenters. The van der Waals surface area contributed by atoms with E-state index in [2.05, 4.69) is 20.3 Å². The zero-order valence-corrected chi connectivity index (χ0v) is 14.6. The van der Waals surface area contributed by atoms with E-state index in [4.69, 9.17) is 5.73 Å². The van der Waals surface area contributed by atoms with Crippen LogP contribution in [0.5, 0.6) is 0 Å². The monoisotopic (exact) mass is 365 g/mol. The third-order valence-corrected chi connectivity index (χ3v) is 4.52. The maximum Gasteiger partial charge on any atom is 0.276 e. The smallest absolute Gasteiger partial charge is 0.276 e. The fourth-order valence-electron chi connectivity index (χ4n) is 3.15. The van der Waals surface area contributed by atoms with Gasteiger partial charge < -0.3 is 15.6 Å². The Hall–Kier alpha value is -3.33. The zero-order valence-electron chi connectivity index (χ0n) is 14.6. The molecular formula is C18H19N7O2. The van der Waals surface area contributed by atoms with Crippen LogP contribution in [0.15, 0.2) is 41.3 Å². The summed E-state index contributed by atoms with van der Waals surface area (Å²) in [5.74, 6) is 0.273. The molecule has 3 N–H and O–H groups in total. The number of nitrogens with two attached hydrogens (primary N) is 1. The first-order valence-electron chi connectivity index (χ1n) is 8.72. The third-order valence-electron chi connectivity index (χ3n) is 4.52. The molecule has 9 heteroatoms. The average Bonchev–Trinajstić information content (AvgIpc) is 3.16. The van der Waals surface area contributed by atoms with Crippen LogP contribution < -0.4 is 11.3 Å². The number of H-pyrrole nitrogens is 1. The summed E-state index contributed by atoms with van der Waals surface area (Å²) in [7, 11) is 0. The van der Waals surface area contributed by atoms with Gasteiger partial charge in [-0.1, -0.05) is 35.5 Å². The Bertz CT molecular complexity index is 1030. The Morgan fingerprint density at radius 1 is 1.26 bits per heavy atom. The van der Waals surface area contributed by atoms with Crippen LogP contribution in [-0.4, -0.2) is 48.9 Å². The van der Waals surface area contributed by atoms with Crippen molar-refractivity contribution in [2.75, 3.05) is 13.1 Å². The van der Waals surface area contributed by atoms with Crippen LogP contribution in [0.3, 0.4) is 0 Å². The first kappa shape index (κ1) is 17.1. The van der Waals surface area contributed by atoms with Gasteiger partial charge in [0.15, 0.2) is 5.69 Å². The molecule has 1 amide bonds. The van der Waals surface area contributed by atoms with Gasteiger partial charge in [0.25, 0.3) is 11.5 Å². The highest BCUT2D eigenvalue weighted by Gasteiger charge is 2.26. The lowest BCUT2D eigenvalue weighted by Crippen LogP contribution is -2.39. The second kappa shape index (κ2) is 7.12. The van der Waals surface area contributed by atoms with Crippen molar-refractivity contribution in [1.82, 2.24) is 29.9 Å². The summed E-state index contributed by atoms with van der Waals surface area (Å²) < 4.78 is 1.54. The van der Waals surface area contributed by atoms with Gasteiger partial charge in [-0.05, 0) is 6.42 Å². The summed E-state index contributed by atoms with van der Waals surface area (Å²) in [6, 6.07) is 9.43. The predicted octanol–water partition coefficient (Wildman–Crippen LogP) is 0.186. The summed E-state index contributed by atoms with van der Waals surface area (Å²) in [4.78, 5) is 34.2. The summed E-state index contributed by atoms with van der Waals surface area (Å²) >= 11 is 0. The molecule has 4 rings (SSSR count). The van der Waals surface area contributed by atoms with Crippen molar-refractivity contribution >= 4 is 5.91 Å². The first-order valence-corrected chi connectivity index (χ1v) is 8.72. The topological polar surface area (TPSA) is 123 Å². The minimum absolute atomic E-state index is 0.153. The molecular weight excluding hydrogens is 346 g/mol. The molecule has 3 heterocycles. The molecule has 0 unspecified atom stereocenters. The summed E-state index contributed by atoms with van der Waals surface area (Å²) in [6.07, 6.45) is 2.04. The number of carbonyl (C=O) groups is 1. The van der Waals surface area contributed by atoms with E-state index in [-0.39, 0.29) is 23.7 Å². The van der Waals surface area contributed by atoms with Crippen LogP contribution in [0, 0.1) is 0 Å². The van der Waals surface area contributed by atoms with Gasteiger partial charge >= 0.3 is 0 Å². The highest BCUT2D eigenvalue weighted by molar-refractivity contribution is 5.92. The summed E-state index contributed by atoms with van der Waals surface area (Å²) in [5.41, 5.74) is 7.68. The highest BCUT2D eigenvalue weighted by atomic mass is 16.2. The van der Waals surface area contributed by atoms with Crippen molar-refractivity contribution in [3.8, 4) is 11.4 Å². The summed E-state index contributed by atoms with van der Waals surface area (Å²) in [6.45, 7) is 1.62. The van der Waals surface area contributed by atoms with E-state index in [9.17, 15) is 9.59 Å². The van der Waals surface area contributed by atoms with Crippen molar-refractivity contribution in [3.63, 3.8) is 0 Å². The minimum Gasteiger partial charge on any atom is -0.331 e. The number of carbonyl (C=O) groups excluding carboxylic acids is 1. The molecule has 0 saturated carbocycles. The van der Waals surface area contributed by atoms with E-state index < -0.39 is 0 Å². The molecule has 0 aliphatic carbocycles. The molecule has 3 aromatic rings. The van der Waals surface area contributed by atoms with Crippen LogP contribution in [-0.2, 0) is 19.5 Å². The minimum atomic E-state index is -0.229. The molecule has 1 aliphatic heterocycles. The second-order valence-corrected chi connectivity index (χ2v) is 6.34. The van der Waals surface area contributed by atoms with Gasteiger partial charge in [-0.2, -0.15) is 0 Å². The molecule has 0 radical (unpaired) electrons. The van der Waals surface area contributed by atoms with E-state index >= 15 is 0 Å². The predicted molar refractivity (Wildman–Crippen MR) is 97.8 cm³/mol. The van der Waals surface area contributed by atoms with Gasteiger partial charge in [0.2, 0.25) is 0 Å². The second-order valence-electron chi connectivity index (χ2n) is 6.34. The number of aromatic amines is 1. The number of fused-ring (bicyclic) bond motifs is 1. The number of nitrogens with zero attached hydrogens (tertiary/aromatic N) is 5. The molecule has 27 heavy (non-hydrogen) atoms. The number of hydrogen-bond acceptors (Lipinski definition) is 6. The number of hydrogen-bond donors (Lipinski definition) is 2. The lowest BCUT2D eigenvalue weighted by atomic mass is 10.1. The normalized spacial score (nSPS) is 13.4. The molecule has 9 nitrogen and oxygen atoms in total. The molecule has 0 fully saturated rings. The maximum atomic E-state index is 12.7. The standard InChI is InChI=1S/C18H19N7O2/c19-7-9-25-11-15(22-23-25)18(27)24-8-6-13-14(10-24)20-16(21-17(13)26)12-4-2-1-3-5-12/h1-5,11H,6-10,19H2,(H,20,21,26). The molecule has 0 saturated heterocycles. The van der Waals surface area contributed by atoms with E-state index in [0.717, 1.165) is 5.56 Å². The lowest BCUT2D eigenvalue weighted by molar-refractivity contribution is 0.0725. The van der Waals surface area contributed by atoms with E-state index in [1.807, 2.05) is 30.3 Å². The van der Waals surface area contributed by atoms with Crippen LogP contribution in [0.25, 0.3) is 11.4 Å². The molecule has 138 valence electrons. The van der Waals surface area contributed by atoms with E-state index in [1.165, 1.54) is 0 Å². The Kier molecular flexibility index (Phi) is 4.51. The quantitative estimate of drug-likeness (QED) is 0.680. The van der Waals surface area contributed by atoms with E-state index in [1.54, 1.807) is 15.8 Å². The van der Waals surface area contributed by atoms with Crippen molar-refractivity contribution in [1.29, 1.82) is 0 Å². The fourth-order valence-corrected chi connectivity index (χ4v) is 3.15. The SMILES string of the molecule is NCCn1cc(C(=O)N2CCc3c(nc(-c4ccccc4)[nH]c3=O)C2)nn1. The van der Waals surface area contributed by atoms with Crippen molar-refractivity contribution in [2.45, 2.75) is 19.5 Å².